The molecule has 0 spiro atoms. The van der Waals surface area contributed by atoms with Crippen LogP contribution in [0, 0.1) is 0 Å². The van der Waals surface area contributed by atoms with Gasteiger partial charge in [-0.15, -0.1) is 0 Å². The summed E-state index contributed by atoms with van der Waals surface area (Å²) in [6, 6.07) is 6.24. The lowest BCUT2D eigenvalue weighted by molar-refractivity contribution is 0.414. The first kappa shape index (κ1) is 10.8. The van der Waals surface area contributed by atoms with Crippen molar-refractivity contribution in [2.75, 3.05) is 13.7 Å². The Morgan fingerprint density at radius 3 is 3.00 bits per heavy atom. The Morgan fingerprint density at radius 2 is 2.31 bits per heavy atom. The van der Waals surface area contributed by atoms with Crippen LogP contribution in [0.4, 0.5) is 5.69 Å². The monoisotopic (exact) mass is 219 g/mol. The minimum absolute atomic E-state index is 0.247. The molecule has 0 amide bonds. The topological polar surface area (TPSA) is 45.7 Å². The molecule has 1 aromatic carbocycles. The molecule has 1 aliphatic rings. The molecular weight excluding hydrogens is 202 g/mol. The first-order valence-corrected chi connectivity index (χ1v) is 5.52. The Kier molecular flexibility index (Phi) is 2.99. The molecule has 4 nitrogen and oxygen atoms in total. The highest BCUT2D eigenvalue weighted by atomic mass is 16.5. The summed E-state index contributed by atoms with van der Waals surface area (Å²) in [5, 5.41) is 6.50. The molecule has 1 heterocycles. The second kappa shape index (κ2) is 4.43. The molecule has 0 aromatic heterocycles. The highest BCUT2D eigenvalue weighted by Gasteiger charge is 2.20. The van der Waals surface area contributed by atoms with Crippen molar-refractivity contribution in [3.63, 3.8) is 0 Å². The zero-order valence-corrected chi connectivity index (χ0v) is 9.87. The highest BCUT2D eigenvalue weighted by Crippen LogP contribution is 2.36. The fourth-order valence-corrected chi connectivity index (χ4v) is 1.86. The summed E-state index contributed by atoms with van der Waals surface area (Å²) in [4.78, 5) is 4.53. The number of aliphatic imine (C=N–C) groups is 1. The van der Waals surface area contributed by atoms with Crippen LogP contribution in [-0.4, -0.2) is 19.6 Å². The van der Waals surface area contributed by atoms with Crippen molar-refractivity contribution >= 4 is 11.6 Å². The van der Waals surface area contributed by atoms with Crippen molar-refractivity contribution in [3.8, 4) is 5.75 Å². The van der Waals surface area contributed by atoms with Crippen molar-refractivity contribution in [2.45, 2.75) is 19.9 Å². The normalized spacial score (nSPS) is 18.2. The number of ether oxygens (including phenoxy) is 1. The summed E-state index contributed by atoms with van der Waals surface area (Å²) >= 11 is 0. The van der Waals surface area contributed by atoms with Gasteiger partial charge >= 0.3 is 0 Å². The minimum atomic E-state index is 0.247. The average Bonchev–Trinajstić information content (AvgIpc) is 2.29. The number of hydrogen-bond acceptors (Lipinski definition) is 4. The van der Waals surface area contributed by atoms with E-state index < -0.39 is 0 Å². The number of nitrogens with zero attached hydrogens (tertiary/aromatic N) is 1. The number of hydrogen-bond donors (Lipinski definition) is 2. The van der Waals surface area contributed by atoms with E-state index in [1.807, 2.05) is 19.1 Å². The van der Waals surface area contributed by atoms with Crippen molar-refractivity contribution in [2.24, 2.45) is 4.99 Å². The van der Waals surface area contributed by atoms with Crippen LogP contribution < -0.4 is 15.4 Å². The molecule has 1 atom stereocenters. The number of fused-ring (bicyclic) bond motifs is 1. The van der Waals surface area contributed by atoms with E-state index in [0.29, 0.717) is 0 Å². The molecule has 0 saturated carbocycles. The van der Waals surface area contributed by atoms with Gasteiger partial charge in [0.05, 0.1) is 13.2 Å². The highest BCUT2D eigenvalue weighted by molar-refractivity contribution is 5.87. The summed E-state index contributed by atoms with van der Waals surface area (Å²) in [5.74, 6) is 1.63. The van der Waals surface area contributed by atoms with E-state index in [0.717, 1.165) is 23.9 Å². The Bertz CT molecular complexity index is 415. The number of rotatable bonds is 2. The molecule has 86 valence electrons. The summed E-state index contributed by atoms with van der Waals surface area (Å²) in [7, 11) is 1.67. The standard InChI is InChI=1S/C12H17N3O/c1-4-13-12-14-8(2)9-6-5-7-10(16-3)11(9)15-12/h5-8H,4H2,1-3H3,(H2,13,14,15). The van der Waals surface area contributed by atoms with Crippen LogP contribution in [0.15, 0.2) is 23.2 Å². The van der Waals surface area contributed by atoms with Gasteiger partial charge in [0.1, 0.15) is 11.4 Å². The SMILES string of the molecule is CCNC1=Nc2c(OC)cccc2C(C)N1. The van der Waals surface area contributed by atoms with E-state index in [1.54, 1.807) is 7.11 Å². The molecule has 16 heavy (non-hydrogen) atoms. The molecule has 1 aliphatic heterocycles. The lowest BCUT2D eigenvalue weighted by atomic mass is 10.0. The Balaban J connectivity index is 2.45. The van der Waals surface area contributed by atoms with Gasteiger partial charge in [0.15, 0.2) is 5.96 Å². The molecule has 0 bridgehead atoms. The van der Waals surface area contributed by atoms with Gasteiger partial charge in [0.2, 0.25) is 0 Å². The van der Waals surface area contributed by atoms with Crippen LogP contribution in [0.1, 0.15) is 25.5 Å². The van der Waals surface area contributed by atoms with Crippen molar-refractivity contribution in [3.05, 3.63) is 23.8 Å². The van der Waals surface area contributed by atoms with Crippen LogP contribution in [0.25, 0.3) is 0 Å². The maximum atomic E-state index is 5.32. The van der Waals surface area contributed by atoms with Crippen LogP contribution in [0.5, 0.6) is 5.75 Å². The van der Waals surface area contributed by atoms with E-state index >= 15 is 0 Å². The van der Waals surface area contributed by atoms with E-state index in [1.165, 1.54) is 5.56 Å². The van der Waals surface area contributed by atoms with Crippen molar-refractivity contribution in [1.29, 1.82) is 0 Å². The number of para-hydroxylation sites is 1. The summed E-state index contributed by atoms with van der Waals surface area (Å²) in [6.07, 6.45) is 0. The number of guanidine groups is 1. The van der Waals surface area contributed by atoms with Gasteiger partial charge in [-0.3, -0.25) is 0 Å². The predicted octanol–water partition coefficient (Wildman–Crippen LogP) is 1.96. The van der Waals surface area contributed by atoms with Gasteiger partial charge in [-0.1, -0.05) is 12.1 Å². The molecule has 1 aromatic rings. The zero-order chi connectivity index (χ0) is 11.5. The first-order chi connectivity index (χ1) is 7.76. The summed E-state index contributed by atoms with van der Waals surface area (Å²) in [5.41, 5.74) is 2.09. The molecule has 0 fully saturated rings. The third-order valence-electron chi connectivity index (χ3n) is 2.64. The summed E-state index contributed by atoms with van der Waals surface area (Å²) < 4.78 is 5.32. The average molecular weight is 219 g/mol. The third-order valence-corrected chi connectivity index (χ3v) is 2.64. The Labute approximate surface area is 95.7 Å². The van der Waals surface area contributed by atoms with Gasteiger partial charge in [0, 0.05) is 12.1 Å². The van der Waals surface area contributed by atoms with Gasteiger partial charge < -0.3 is 15.4 Å². The molecule has 4 heteroatoms. The van der Waals surface area contributed by atoms with Crippen LogP contribution in [0.2, 0.25) is 0 Å². The number of nitrogens with one attached hydrogen (secondary N) is 2. The smallest absolute Gasteiger partial charge is 0.197 e. The predicted molar refractivity (Wildman–Crippen MR) is 65.3 cm³/mol. The van der Waals surface area contributed by atoms with E-state index in [2.05, 4.69) is 28.6 Å². The number of methoxy groups -OCH3 is 1. The molecular formula is C12H17N3O. The largest absolute Gasteiger partial charge is 0.494 e. The second-order valence-electron chi connectivity index (χ2n) is 3.75. The van der Waals surface area contributed by atoms with Crippen LogP contribution in [0.3, 0.4) is 0 Å². The molecule has 0 radical (unpaired) electrons. The lowest BCUT2D eigenvalue weighted by Crippen LogP contribution is -2.40. The fraction of sp³-hybridized carbons (Fsp3) is 0.417. The van der Waals surface area contributed by atoms with E-state index in [-0.39, 0.29) is 6.04 Å². The van der Waals surface area contributed by atoms with Crippen LogP contribution in [-0.2, 0) is 0 Å². The molecule has 1 unspecified atom stereocenters. The zero-order valence-electron chi connectivity index (χ0n) is 9.87. The van der Waals surface area contributed by atoms with E-state index in [9.17, 15) is 0 Å². The Morgan fingerprint density at radius 1 is 1.50 bits per heavy atom. The van der Waals surface area contributed by atoms with Gasteiger partial charge in [-0.25, -0.2) is 4.99 Å². The second-order valence-corrected chi connectivity index (χ2v) is 3.75. The third kappa shape index (κ3) is 1.83. The summed E-state index contributed by atoms with van der Waals surface area (Å²) in [6.45, 7) is 5.01. The first-order valence-electron chi connectivity index (χ1n) is 5.52. The molecule has 2 rings (SSSR count). The minimum Gasteiger partial charge on any atom is -0.494 e. The maximum absolute atomic E-state index is 5.32. The van der Waals surface area contributed by atoms with E-state index in [4.69, 9.17) is 4.74 Å². The molecule has 0 aliphatic carbocycles. The van der Waals surface area contributed by atoms with Gasteiger partial charge in [0.25, 0.3) is 0 Å². The fourth-order valence-electron chi connectivity index (χ4n) is 1.86. The number of benzene rings is 1. The van der Waals surface area contributed by atoms with Gasteiger partial charge in [-0.2, -0.15) is 0 Å². The van der Waals surface area contributed by atoms with Crippen molar-refractivity contribution in [1.82, 2.24) is 10.6 Å². The Hall–Kier alpha value is -1.71. The van der Waals surface area contributed by atoms with Crippen molar-refractivity contribution < 1.29 is 4.74 Å². The van der Waals surface area contributed by atoms with Crippen LogP contribution >= 0.6 is 0 Å². The quantitative estimate of drug-likeness (QED) is 0.799. The lowest BCUT2D eigenvalue weighted by Gasteiger charge is -2.25. The maximum Gasteiger partial charge on any atom is 0.197 e. The molecule has 0 saturated heterocycles. The van der Waals surface area contributed by atoms with Gasteiger partial charge in [-0.05, 0) is 19.9 Å². The molecule has 2 N–H and O–H groups in total.